The van der Waals surface area contributed by atoms with Gasteiger partial charge in [0, 0.05) is 11.6 Å². The minimum Gasteiger partial charge on any atom is -0.465 e. The van der Waals surface area contributed by atoms with Gasteiger partial charge in [0.25, 0.3) is 0 Å². The van der Waals surface area contributed by atoms with Crippen molar-refractivity contribution in [1.29, 1.82) is 0 Å². The van der Waals surface area contributed by atoms with Gasteiger partial charge in [0.1, 0.15) is 11.7 Å². The van der Waals surface area contributed by atoms with Crippen molar-refractivity contribution in [2.24, 2.45) is 4.99 Å². The molecule has 4 nitrogen and oxygen atoms in total. The fourth-order valence-corrected chi connectivity index (χ4v) is 3.40. The second-order valence-corrected chi connectivity index (χ2v) is 6.49. The molecule has 4 heteroatoms. The van der Waals surface area contributed by atoms with Gasteiger partial charge >= 0.3 is 0 Å². The number of benzene rings is 2. The number of fused-ring (bicyclic) bond motifs is 1. The van der Waals surface area contributed by atoms with Gasteiger partial charge in [-0.2, -0.15) is 0 Å². The second kappa shape index (κ2) is 6.65. The van der Waals surface area contributed by atoms with Gasteiger partial charge in [0.05, 0.1) is 0 Å². The van der Waals surface area contributed by atoms with Crippen molar-refractivity contribution in [2.75, 3.05) is 0 Å². The smallest absolute Gasteiger partial charge is 0.236 e. The van der Waals surface area contributed by atoms with Crippen LogP contribution in [0.1, 0.15) is 29.0 Å². The Bertz CT molecular complexity index is 1110. The Morgan fingerprint density at radius 2 is 1.44 bits per heavy atom. The summed E-state index contributed by atoms with van der Waals surface area (Å²) in [7, 11) is 0. The van der Waals surface area contributed by atoms with Gasteiger partial charge in [0.15, 0.2) is 11.8 Å². The molecule has 0 radical (unpaired) electrons. The van der Waals surface area contributed by atoms with Crippen molar-refractivity contribution >= 4 is 16.9 Å². The van der Waals surface area contributed by atoms with Crippen LogP contribution in [-0.4, -0.2) is 15.9 Å². The zero-order valence-corrected chi connectivity index (χ0v) is 14.6. The number of nitrogens with zero attached hydrogens (tertiary/aromatic N) is 3. The van der Waals surface area contributed by atoms with E-state index in [2.05, 4.69) is 34.2 Å². The van der Waals surface area contributed by atoms with Crippen LogP contribution in [0.5, 0.6) is 0 Å². The first-order valence-corrected chi connectivity index (χ1v) is 8.95. The Balaban J connectivity index is 1.58. The first-order valence-electron chi connectivity index (χ1n) is 8.95. The predicted octanol–water partition coefficient (Wildman–Crippen LogP) is 4.89. The highest BCUT2D eigenvalue weighted by atomic mass is 16.5. The van der Waals surface area contributed by atoms with E-state index < -0.39 is 0 Å². The lowest BCUT2D eigenvalue weighted by molar-refractivity contribution is 0.196. The fraction of sp³-hybridized carbons (Fsp3) is 0.0870. The zero-order chi connectivity index (χ0) is 18.1. The van der Waals surface area contributed by atoms with Gasteiger partial charge in [-0.3, -0.25) is 0 Å². The molecule has 0 spiro atoms. The van der Waals surface area contributed by atoms with Gasteiger partial charge < -0.3 is 4.74 Å². The lowest BCUT2D eigenvalue weighted by Crippen LogP contribution is -2.10. The van der Waals surface area contributed by atoms with Crippen molar-refractivity contribution in [1.82, 2.24) is 9.97 Å². The maximum Gasteiger partial charge on any atom is 0.236 e. The van der Waals surface area contributed by atoms with Gasteiger partial charge in [-0.1, -0.05) is 60.7 Å². The topological polar surface area (TPSA) is 47.4 Å². The minimum absolute atomic E-state index is 0.107. The molecule has 2 aromatic carbocycles. The van der Waals surface area contributed by atoms with Gasteiger partial charge in [-0.15, -0.1) is 0 Å². The monoisotopic (exact) mass is 351 g/mol. The van der Waals surface area contributed by atoms with Crippen LogP contribution in [0.15, 0.2) is 96.1 Å². The predicted molar refractivity (Wildman–Crippen MR) is 106 cm³/mol. The summed E-state index contributed by atoms with van der Waals surface area (Å²) in [4.78, 5) is 13.9. The molecule has 0 bridgehead atoms. The quantitative estimate of drug-likeness (QED) is 0.528. The zero-order valence-electron chi connectivity index (χ0n) is 14.6. The van der Waals surface area contributed by atoms with Gasteiger partial charge in [0.2, 0.25) is 5.90 Å². The van der Waals surface area contributed by atoms with Crippen LogP contribution in [0, 0.1) is 0 Å². The van der Waals surface area contributed by atoms with E-state index in [4.69, 9.17) is 9.73 Å². The Kier molecular flexibility index (Phi) is 3.87. The summed E-state index contributed by atoms with van der Waals surface area (Å²) in [6, 6.07) is 28.2. The number of hydrogen-bond acceptors (Lipinski definition) is 4. The molecular weight excluding hydrogens is 334 g/mol. The summed E-state index contributed by atoms with van der Waals surface area (Å²) < 4.78 is 6.31. The van der Waals surface area contributed by atoms with Gasteiger partial charge in [-0.25, -0.2) is 15.0 Å². The molecule has 4 aromatic rings. The molecule has 0 unspecified atom stereocenters. The van der Waals surface area contributed by atoms with Crippen LogP contribution in [0.4, 0.5) is 0 Å². The number of ether oxygens (including phenoxy) is 1. The third kappa shape index (κ3) is 2.95. The molecule has 2 atom stereocenters. The molecule has 2 aromatic heterocycles. The summed E-state index contributed by atoms with van der Waals surface area (Å²) in [5, 5.41) is 0.999. The molecule has 1 aliphatic heterocycles. The highest BCUT2D eigenvalue weighted by Crippen LogP contribution is 2.40. The van der Waals surface area contributed by atoms with E-state index in [0.717, 1.165) is 16.5 Å². The molecule has 1 aliphatic rings. The van der Waals surface area contributed by atoms with E-state index in [-0.39, 0.29) is 12.1 Å². The Labute approximate surface area is 157 Å². The van der Waals surface area contributed by atoms with Crippen LogP contribution in [-0.2, 0) is 4.74 Å². The van der Waals surface area contributed by atoms with Crippen molar-refractivity contribution in [2.45, 2.75) is 12.1 Å². The SMILES string of the molecule is c1ccc([C@@H]2N=C(c3ccc4cccnc4n3)O[C@H]2c2ccccc2)cc1. The van der Waals surface area contributed by atoms with Crippen LogP contribution in [0.2, 0.25) is 0 Å². The molecule has 0 saturated heterocycles. The summed E-state index contributed by atoms with van der Waals surface area (Å²) in [5.41, 5.74) is 3.63. The summed E-state index contributed by atoms with van der Waals surface area (Å²) in [6.07, 6.45) is 1.57. The van der Waals surface area contributed by atoms with Crippen LogP contribution in [0.25, 0.3) is 11.0 Å². The highest BCUT2D eigenvalue weighted by Gasteiger charge is 2.34. The van der Waals surface area contributed by atoms with Crippen molar-refractivity contribution in [3.63, 3.8) is 0 Å². The average molecular weight is 351 g/mol. The number of pyridine rings is 2. The molecule has 0 saturated carbocycles. The number of hydrogen-bond donors (Lipinski definition) is 0. The van der Waals surface area contributed by atoms with E-state index >= 15 is 0 Å². The summed E-state index contributed by atoms with van der Waals surface area (Å²) >= 11 is 0. The fourth-order valence-electron chi connectivity index (χ4n) is 3.40. The van der Waals surface area contributed by atoms with E-state index in [9.17, 15) is 0 Å². The first-order chi connectivity index (χ1) is 13.4. The van der Waals surface area contributed by atoms with E-state index in [1.54, 1.807) is 6.20 Å². The molecule has 5 rings (SSSR count). The standard InChI is InChI=1S/C23H17N3O/c1-3-8-16(9-4-1)20-21(17-10-5-2-6-11-17)27-23(26-20)19-14-13-18-12-7-15-24-22(18)25-19/h1-15,20-21H/t20-,21-/m0/s1. The number of aliphatic imine (C=N–C) groups is 1. The Morgan fingerprint density at radius 1 is 0.704 bits per heavy atom. The van der Waals surface area contributed by atoms with Crippen LogP contribution in [0.3, 0.4) is 0 Å². The van der Waals surface area contributed by atoms with Crippen molar-refractivity contribution in [3.8, 4) is 0 Å². The van der Waals surface area contributed by atoms with E-state index in [1.165, 1.54) is 0 Å². The molecule has 27 heavy (non-hydrogen) atoms. The largest absolute Gasteiger partial charge is 0.465 e. The van der Waals surface area contributed by atoms with Gasteiger partial charge in [-0.05, 0) is 35.4 Å². The molecule has 0 fully saturated rings. The van der Waals surface area contributed by atoms with Crippen LogP contribution >= 0.6 is 0 Å². The third-order valence-corrected chi connectivity index (χ3v) is 4.73. The Hall–Kier alpha value is -3.53. The maximum atomic E-state index is 6.31. The lowest BCUT2D eigenvalue weighted by atomic mass is 9.97. The second-order valence-electron chi connectivity index (χ2n) is 6.49. The molecular formula is C23H17N3O. The van der Waals surface area contributed by atoms with Crippen molar-refractivity contribution in [3.05, 3.63) is 108 Å². The lowest BCUT2D eigenvalue weighted by Gasteiger charge is -2.18. The molecule has 0 aliphatic carbocycles. The highest BCUT2D eigenvalue weighted by molar-refractivity contribution is 5.95. The molecule has 0 amide bonds. The van der Waals surface area contributed by atoms with Crippen molar-refractivity contribution < 1.29 is 4.74 Å². The average Bonchev–Trinajstić information content (AvgIpc) is 3.20. The number of aromatic nitrogens is 2. The number of rotatable bonds is 3. The summed E-state index contributed by atoms with van der Waals surface area (Å²) in [6.45, 7) is 0. The molecule has 130 valence electrons. The summed E-state index contributed by atoms with van der Waals surface area (Å²) in [5.74, 6) is 0.560. The normalized spacial score (nSPS) is 18.9. The maximum absolute atomic E-state index is 6.31. The van der Waals surface area contributed by atoms with E-state index in [1.807, 2.05) is 60.7 Å². The molecule has 3 heterocycles. The van der Waals surface area contributed by atoms with E-state index in [0.29, 0.717) is 17.2 Å². The Morgan fingerprint density at radius 3 is 2.22 bits per heavy atom. The molecule has 0 N–H and O–H groups in total. The third-order valence-electron chi connectivity index (χ3n) is 4.73. The van der Waals surface area contributed by atoms with Crippen LogP contribution < -0.4 is 0 Å². The first kappa shape index (κ1) is 15.7. The minimum atomic E-state index is -0.176.